The smallest absolute Gasteiger partial charge is 0.374 e. The highest BCUT2D eigenvalue weighted by molar-refractivity contribution is 7.94. The predicted molar refractivity (Wildman–Crippen MR) is 41.9 cm³/mol. The van der Waals surface area contributed by atoms with Crippen molar-refractivity contribution in [3.63, 3.8) is 0 Å². The number of rotatable bonds is 2. The molecule has 0 unspecified atom stereocenters. The molecule has 0 saturated carbocycles. The monoisotopic (exact) mass is 162 g/mol. The first kappa shape index (κ1) is 9.29. The Morgan fingerprint density at radius 3 is 2.80 bits per heavy atom. The quantitative estimate of drug-likeness (QED) is 0.349. The van der Waals surface area contributed by atoms with Gasteiger partial charge in [0, 0.05) is 19.5 Å². The van der Waals surface area contributed by atoms with Gasteiger partial charge in [-0.2, -0.15) is 5.10 Å². The van der Waals surface area contributed by atoms with E-state index in [-0.39, 0.29) is 0 Å². The van der Waals surface area contributed by atoms with Gasteiger partial charge in [-0.3, -0.25) is 0 Å². The predicted octanol–water partition coefficient (Wildman–Crippen LogP) is 1.34. The van der Waals surface area contributed by atoms with Crippen LogP contribution in [-0.2, 0) is 4.18 Å². The molecule has 0 saturated heterocycles. The van der Waals surface area contributed by atoms with E-state index in [0.29, 0.717) is 0 Å². The zero-order chi connectivity index (χ0) is 7.98. The highest BCUT2D eigenvalue weighted by Crippen LogP contribution is 1.99. The van der Waals surface area contributed by atoms with Crippen molar-refractivity contribution < 1.29 is 8.98 Å². The number of carbonyl (C=O) groups is 1. The SMILES string of the molecule is CC=NN(C)C(=O)OSC. The number of hydrazone groups is 1. The lowest BCUT2D eigenvalue weighted by atomic mass is 10.9. The lowest BCUT2D eigenvalue weighted by Gasteiger charge is -2.07. The van der Waals surface area contributed by atoms with E-state index >= 15 is 0 Å². The van der Waals surface area contributed by atoms with Crippen molar-refractivity contribution in [2.75, 3.05) is 13.3 Å². The lowest BCUT2D eigenvalue weighted by molar-refractivity contribution is 0.173. The minimum Gasteiger partial charge on any atom is -0.374 e. The van der Waals surface area contributed by atoms with Crippen LogP contribution >= 0.6 is 12.0 Å². The molecule has 0 rings (SSSR count). The molecule has 0 atom stereocenters. The van der Waals surface area contributed by atoms with Gasteiger partial charge >= 0.3 is 6.09 Å². The van der Waals surface area contributed by atoms with Gasteiger partial charge in [0.05, 0.1) is 12.0 Å². The maximum atomic E-state index is 10.7. The molecular weight excluding hydrogens is 152 g/mol. The molecule has 0 aromatic carbocycles. The van der Waals surface area contributed by atoms with E-state index in [0.717, 1.165) is 17.1 Å². The molecule has 5 heteroatoms. The maximum Gasteiger partial charge on any atom is 0.442 e. The molecule has 0 fully saturated rings. The van der Waals surface area contributed by atoms with Crippen LogP contribution in [0.25, 0.3) is 0 Å². The van der Waals surface area contributed by atoms with Gasteiger partial charge in [-0.25, -0.2) is 9.80 Å². The standard InChI is InChI=1S/C5H10N2O2S/c1-4-6-7(2)5(8)9-10-3/h4H,1-3H3. The second kappa shape index (κ2) is 5.10. The second-order valence-electron chi connectivity index (χ2n) is 1.41. The van der Waals surface area contributed by atoms with Crippen molar-refractivity contribution in [1.82, 2.24) is 5.01 Å². The molecule has 0 N–H and O–H groups in total. The van der Waals surface area contributed by atoms with Crippen LogP contribution in [0.2, 0.25) is 0 Å². The van der Waals surface area contributed by atoms with Crippen molar-refractivity contribution in [2.45, 2.75) is 6.92 Å². The van der Waals surface area contributed by atoms with Gasteiger partial charge < -0.3 is 4.18 Å². The molecule has 10 heavy (non-hydrogen) atoms. The van der Waals surface area contributed by atoms with Crippen LogP contribution in [0.4, 0.5) is 4.79 Å². The highest BCUT2D eigenvalue weighted by atomic mass is 32.2. The molecule has 0 bridgehead atoms. The Hall–Kier alpha value is -0.710. The van der Waals surface area contributed by atoms with E-state index in [2.05, 4.69) is 9.28 Å². The third-order valence-electron chi connectivity index (χ3n) is 0.708. The van der Waals surface area contributed by atoms with Crippen molar-refractivity contribution in [2.24, 2.45) is 5.10 Å². The number of hydrogen-bond acceptors (Lipinski definition) is 4. The third-order valence-corrected chi connectivity index (χ3v) is 1.02. The molecule has 0 aliphatic carbocycles. The van der Waals surface area contributed by atoms with Crippen LogP contribution in [0.1, 0.15) is 6.92 Å². The van der Waals surface area contributed by atoms with Crippen LogP contribution in [0.5, 0.6) is 0 Å². The van der Waals surface area contributed by atoms with Crippen LogP contribution in [0, 0.1) is 0 Å². The van der Waals surface area contributed by atoms with Crippen LogP contribution in [-0.4, -0.2) is 30.6 Å². The summed E-state index contributed by atoms with van der Waals surface area (Å²) in [7, 11) is 1.53. The van der Waals surface area contributed by atoms with E-state index in [1.165, 1.54) is 13.3 Å². The van der Waals surface area contributed by atoms with Gasteiger partial charge in [0.1, 0.15) is 0 Å². The molecule has 0 aliphatic heterocycles. The summed E-state index contributed by atoms with van der Waals surface area (Å²) in [4.78, 5) is 10.7. The van der Waals surface area contributed by atoms with Crippen LogP contribution < -0.4 is 0 Å². The Labute approximate surface area is 64.4 Å². The summed E-state index contributed by atoms with van der Waals surface area (Å²) in [5.74, 6) is 0. The molecule has 0 spiro atoms. The lowest BCUT2D eigenvalue weighted by Crippen LogP contribution is -2.19. The van der Waals surface area contributed by atoms with Gasteiger partial charge in [-0.05, 0) is 6.92 Å². The first-order valence-electron chi connectivity index (χ1n) is 2.69. The Morgan fingerprint density at radius 1 is 1.80 bits per heavy atom. The molecule has 0 radical (unpaired) electrons. The van der Waals surface area contributed by atoms with Gasteiger partial charge in [0.2, 0.25) is 0 Å². The Bertz CT molecular complexity index is 138. The fourth-order valence-corrected chi connectivity index (χ4v) is 0.596. The molecule has 4 nitrogen and oxygen atoms in total. The Kier molecular flexibility index (Phi) is 4.74. The van der Waals surface area contributed by atoms with E-state index in [9.17, 15) is 4.79 Å². The molecule has 0 heterocycles. The number of carbonyl (C=O) groups excluding carboxylic acids is 1. The first-order valence-corrected chi connectivity index (χ1v) is 3.84. The summed E-state index contributed by atoms with van der Waals surface area (Å²) < 4.78 is 4.55. The number of hydrogen-bond donors (Lipinski definition) is 0. The highest BCUT2D eigenvalue weighted by Gasteiger charge is 2.05. The largest absolute Gasteiger partial charge is 0.442 e. The average molecular weight is 162 g/mol. The van der Waals surface area contributed by atoms with Gasteiger partial charge in [0.25, 0.3) is 0 Å². The van der Waals surface area contributed by atoms with E-state index < -0.39 is 6.09 Å². The third kappa shape index (κ3) is 3.34. The first-order chi connectivity index (χ1) is 4.72. The molecule has 0 aromatic rings. The van der Waals surface area contributed by atoms with Crippen molar-refractivity contribution >= 4 is 24.4 Å². The summed E-state index contributed by atoms with van der Waals surface area (Å²) in [6.45, 7) is 1.73. The Morgan fingerprint density at radius 2 is 2.40 bits per heavy atom. The van der Waals surface area contributed by atoms with E-state index in [4.69, 9.17) is 0 Å². The van der Waals surface area contributed by atoms with Gasteiger partial charge in [0.15, 0.2) is 0 Å². The van der Waals surface area contributed by atoms with E-state index in [1.807, 2.05) is 0 Å². The molecule has 1 amide bonds. The van der Waals surface area contributed by atoms with Crippen LogP contribution in [0.3, 0.4) is 0 Å². The van der Waals surface area contributed by atoms with Crippen molar-refractivity contribution in [1.29, 1.82) is 0 Å². The fraction of sp³-hybridized carbons (Fsp3) is 0.600. The van der Waals surface area contributed by atoms with Crippen molar-refractivity contribution in [3.05, 3.63) is 0 Å². The molecule has 58 valence electrons. The van der Waals surface area contributed by atoms with Crippen molar-refractivity contribution in [3.8, 4) is 0 Å². The van der Waals surface area contributed by atoms with E-state index in [1.54, 1.807) is 13.2 Å². The normalized spacial score (nSPS) is 9.90. The summed E-state index contributed by atoms with van der Waals surface area (Å²) >= 11 is 0.999. The summed E-state index contributed by atoms with van der Waals surface area (Å²) in [5.41, 5.74) is 0. The fourth-order valence-electron chi connectivity index (χ4n) is 0.346. The van der Waals surface area contributed by atoms with Gasteiger partial charge in [-0.1, -0.05) is 0 Å². The summed E-state index contributed by atoms with van der Waals surface area (Å²) in [6.07, 6.45) is 2.72. The average Bonchev–Trinajstić information content (AvgIpc) is 1.89. The zero-order valence-electron chi connectivity index (χ0n) is 6.20. The van der Waals surface area contributed by atoms with Gasteiger partial charge in [-0.15, -0.1) is 0 Å². The minimum absolute atomic E-state index is 0.467. The number of amides is 1. The summed E-state index contributed by atoms with van der Waals surface area (Å²) in [5, 5.41) is 4.79. The number of nitrogens with zero attached hydrogens (tertiary/aromatic N) is 2. The second-order valence-corrected chi connectivity index (χ2v) is 1.91. The summed E-state index contributed by atoms with van der Waals surface area (Å²) in [6, 6.07) is 0. The van der Waals surface area contributed by atoms with Crippen LogP contribution in [0.15, 0.2) is 5.10 Å². The Balaban J connectivity index is 3.70. The molecular formula is C5H10N2O2S. The topological polar surface area (TPSA) is 41.9 Å². The minimum atomic E-state index is -0.467. The maximum absolute atomic E-state index is 10.7. The molecule has 0 aliphatic rings. The molecule has 0 aromatic heterocycles. The zero-order valence-corrected chi connectivity index (χ0v) is 7.01.